The van der Waals surface area contributed by atoms with Gasteiger partial charge in [-0.3, -0.25) is 0 Å². The first-order chi connectivity index (χ1) is 9.26. The maximum atomic E-state index is 13.5. The summed E-state index contributed by atoms with van der Waals surface area (Å²) in [6.07, 6.45) is 1.43. The summed E-state index contributed by atoms with van der Waals surface area (Å²) in [4.78, 5) is 3.80. The predicted octanol–water partition coefficient (Wildman–Crippen LogP) is 1.20. The van der Waals surface area contributed by atoms with Gasteiger partial charge in [0, 0.05) is 11.1 Å². The van der Waals surface area contributed by atoms with Crippen molar-refractivity contribution in [1.82, 2.24) is 14.8 Å². The van der Waals surface area contributed by atoms with E-state index in [9.17, 15) is 4.39 Å². The normalized spacial score (nSPS) is 13.5. The molecule has 0 bridgehead atoms. The van der Waals surface area contributed by atoms with Crippen molar-refractivity contribution in [2.75, 3.05) is 6.79 Å². The summed E-state index contributed by atoms with van der Waals surface area (Å²) in [5.41, 5.74) is 1.31. The van der Waals surface area contributed by atoms with E-state index in [4.69, 9.17) is 14.7 Å². The Hall–Kier alpha value is -2.46. The van der Waals surface area contributed by atoms with Crippen molar-refractivity contribution < 1.29 is 13.9 Å². The lowest BCUT2D eigenvalue weighted by molar-refractivity contribution is -0.0173. The van der Waals surface area contributed by atoms with Crippen LogP contribution in [0.15, 0.2) is 18.5 Å². The molecular formula is C12H9FN4O2. The molecule has 0 atom stereocenters. The first kappa shape index (κ1) is 11.6. The molecule has 7 heteroatoms. The summed E-state index contributed by atoms with van der Waals surface area (Å²) >= 11 is 0. The van der Waals surface area contributed by atoms with Gasteiger partial charge < -0.3 is 9.47 Å². The summed E-state index contributed by atoms with van der Waals surface area (Å²) in [6, 6.07) is 4.61. The highest BCUT2D eigenvalue weighted by Crippen LogP contribution is 2.29. The first-order valence-electron chi connectivity index (χ1n) is 5.57. The van der Waals surface area contributed by atoms with Crippen LogP contribution < -0.4 is 4.74 Å². The fraction of sp³-hybridized carbons (Fsp3) is 0.250. The van der Waals surface area contributed by atoms with Crippen LogP contribution in [0.2, 0.25) is 0 Å². The molecule has 0 fully saturated rings. The third-order valence-electron chi connectivity index (χ3n) is 2.72. The number of nitrogens with zero attached hydrogens (tertiary/aromatic N) is 4. The Morgan fingerprint density at radius 3 is 3.16 bits per heavy atom. The second kappa shape index (κ2) is 4.66. The van der Waals surface area contributed by atoms with Crippen molar-refractivity contribution in [2.24, 2.45) is 0 Å². The van der Waals surface area contributed by atoms with Gasteiger partial charge in [0.15, 0.2) is 6.79 Å². The number of ether oxygens (including phenoxy) is 2. The number of hydrogen-bond acceptors (Lipinski definition) is 5. The van der Waals surface area contributed by atoms with Gasteiger partial charge in [-0.25, -0.2) is 14.1 Å². The highest BCUT2D eigenvalue weighted by atomic mass is 19.1. The molecule has 96 valence electrons. The fourth-order valence-corrected chi connectivity index (χ4v) is 1.97. The Morgan fingerprint density at radius 1 is 1.47 bits per heavy atom. The van der Waals surface area contributed by atoms with Gasteiger partial charge in [0.05, 0.1) is 13.2 Å². The van der Waals surface area contributed by atoms with Crippen LogP contribution in [0, 0.1) is 17.1 Å². The van der Waals surface area contributed by atoms with Crippen LogP contribution in [0.5, 0.6) is 5.75 Å². The third-order valence-corrected chi connectivity index (χ3v) is 2.72. The summed E-state index contributed by atoms with van der Waals surface area (Å²) in [5, 5.41) is 12.6. The quantitative estimate of drug-likeness (QED) is 0.811. The van der Waals surface area contributed by atoms with Crippen molar-refractivity contribution >= 4 is 0 Å². The number of fused-ring (bicyclic) bond motifs is 1. The van der Waals surface area contributed by atoms with E-state index in [0.29, 0.717) is 23.5 Å². The minimum absolute atomic E-state index is 0.0783. The lowest BCUT2D eigenvalue weighted by atomic mass is 10.1. The summed E-state index contributed by atoms with van der Waals surface area (Å²) in [5.74, 6) is 0.333. The first-order valence-corrected chi connectivity index (χ1v) is 5.57. The number of hydrogen-bond donors (Lipinski definition) is 0. The highest BCUT2D eigenvalue weighted by Gasteiger charge is 2.17. The molecule has 0 saturated carbocycles. The van der Waals surface area contributed by atoms with Gasteiger partial charge in [0.1, 0.15) is 24.0 Å². The third kappa shape index (κ3) is 2.26. The second-order valence-corrected chi connectivity index (χ2v) is 4.04. The molecular weight excluding hydrogens is 251 g/mol. The van der Waals surface area contributed by atoms with Gasteiger partial charge in [0.25, 0.3) is 5.82 Å². The average molecular weight is 260 g/mol. The van der Waals surface area contributed by atoms with Gasteiger partial charge in [-0.15, -0.1) is 5.10 Å². The molecule has 0 radical (unpaired) electrons. The highest BCUT2D eigenvalue weighted by molar-refractivity contribution is 5.42. The zero-order valence-electron chi connectivity index (χ0n) is 9.84. The van der Waals surface area contributed by atoms with E-state index < -0.39 is 0 Å². The fourth-order valence-electron chi connectivity index (χ4n) is 1.97. The smallest absolute Gasteiger partial charge is 0.252 e. The maximum absolute atomic E-state index is 13.5. The largest absolute Gasteiger partial charge is 0.467 e. The molecule has 0 N–H and O–H groups in total. The average Bonchev–Trinajstić information content (AvgIpc) is 2.86. The second-order valence-electron chi connectivity index (χ2n) is 4.04. The van der Waals surface area contributed by atoms with E-state index in [0.717, 1.165) is 0 Å². The molecule has 1 aliphatic heterocycles. The molecule has 0 spiro atoms. The maximum Gasteiger partial charge on any atom is 0.252 e. The van der Waals surface area contributed by atoms with E-state index >= 15 is 0 Å². The molecule has 0 aliphatic carbocycles. The number of aromatic nitrogens is 3. The Bertz CT molecular complexity index is 662. The Morgan fingerprint density at radius 2 is 2.37 bits per heavy atom. The van der Waals surface area contributed by atoms with Gasteiger partial charge in [-0.05, 0) is 12.1 Å². The lowest BCUT2D eigenvalue weighted by Gasteiger charge is -2.20. The Labute approximate surface area is 108 Å². The van der Waals surface area contributed by atoms with Crippen molar-refractivity contribution in [3.63, 3.8) is 0 Å². The number of benzene rings is 1. The van der Waals surface area contributed by atoms with Crippen LogP contribution in [0.3, 0.4) is 0 Å². The van der Waals surface area contributed by atoms with Crippen LogP contribution in [0.4, 0.5) is 4.39 Å². The van der Waals surface area contributed by atoms with Crippen LogP contribution in [-0.2, 0) is 17.9 Å². The van der Waals surface area contributed by atoms with Gasteiger partial charge in [0.2, 0.25) is 0 Å². The topological polar surface area (TPSA) is 73.0 Å². The predicted molar refractivity (Wildman–Crippen MR) is 60.5 cm³/mol. The van der Waals surface area contributed by atoms with Gasteiger partial charge in [-0.2, -0.15) is 5.26 Å². The molecule has 0 saturated heterocycles. The molecule has 0 unspecified atom stereocenters. The monoisotopic (exact) mass is 260 g/mol. The molecule has 2 aromatic rings. The van der Waals surface area contributed by atoms with E-state index in [1.807, 2.05) is 6.07 Å². The number of nitriles is 1. The molecule has 19 heavy (non-hydrogen) atoms. The molecule has 1 aromatic carbocycles. The molecule has 6 nitrogen and oxygen atoms in total. The zero-order chi connectivity index (χ0) is 13.2. The number of rotatable bonds is 2. The Balaban J connectivity index is 1.96. The molecule has 1 aromatic heterocycles. The summed E-state index contributed by atoms with van der Waals surface area (Å²) in [7, 11) is 0. The molecule has 1 aliphatic rings. The van der Waals surface area contributed by atoms with Crippen molar-refractivity contribution in [1.29, 1.82) is 5.26 Å². The van der Waals surface area contributed by atoms with Crippen LogP contribution in [0.25, 0.3) is 0 Å². The van der Waals surface area contributed by atoms with Crippen LogP contribution in [-0.4, -0.2) is 21.6 Å². The molecule has 0 amide bonds. The van der Waals surface area contributed by atoms with Crippen LogP contribution in [0.1, 0.15) is 17.0 Å². The SMILES string of the molecule is N#Cc1ncn(Cc2cc(F)cc3c2OCOC3)n1. The summed E-state index contributed by atoms with van der Waals surface area (Å²) < 4.78 is 25.5. The van der Waals surface area contributed by atoms with E-state index in [1.54, 1.807) is 0 Å². The minimum Gasteiger partial charge on any atom is -0.467 e. The molecule has 2 heterocycles. The van der Waals surface area contributed by atoms with Gasteiger partial charge >= 0.3 is 0 Å². The van der Waals surface area contributed by atoms with E-state index in [-0.39, 0.29) is 25.0 Å². The Kier molecular flexibility index (Phi) is 2.85. The minimum atomic E-state index is -0.358. The standard InChI is InChI=1S/C12H9FN4O2/c13-10-1-8(4-17-6-15-11(3-14)16-17)12-9(2-10)5-18-7-19-12/h1-2,6H,4-5,7H2. The number of halogens is 1. The zero-order valence-corrected chi connectivity index (χ0v) is 9.84. The lowest BCUT2D eigenvalue weighted by Crippen LogP contribution is -2.15. The summed E-state index contributed by atoms with van der Waals surface area (Å²) in [6.45, 7) is 0.752. The van der Waals surface area contributed by atoms with Crippen molar-refractivity contribution in [3.8, 4) is 11.8 Å². The van der Waals surface area contributed by atoms with E-state index in [1.165, 1.54) is 23.1 Å². The molecule has 3 rings (SSSR count). The van der Waals surface area contributed by atoms with Crippen LogP contribution >= 0.6 is 0 Å². The van der Waals surface area contributed by atoms with E-state index in [2.05, 4.69) is 10.1 Å². The van der Waals surface area contributed by atoms with Crippen molar-refractivity contribution in [2.45, 2.75) is 13.2 Å². The van der Waals surface area contributed by atoms with Gasteiger partial charge in [-0.1, -0.05) is 0 Å². The van der Waals surface area contributed by atoms with Crippen molar-refractivity contribution in [3.05, 3.63) is 41.2 Å².